The first kappa shape index (κ1) is 15.6. The Hall–Kier alpha value is 0.220. The molecular formula is C13H16BrF2NS2. The second kappa shape index (κ2) is 7.29. The molecule has 0 aliphatic carbocycles. The molecule has 0 bridgehead atoms. The molecular weight excluding hydrogens is 352 g/mol. The highest BCUT2D eigenvalue weighted by Gasteiger charge is 2.26. The lowest BCUT2D eigenvalue weighted by molar-refractivity contribution is 0.500. The summed E-state index contributed by atoms with van der Waals surface area (Å²) in [6, 6.07) is 2.82. The van der Waals surface area contributed by atoms with Crippen molar-refractivity contribution >= 4 is 39.5 Å². The zero-order valence-corrected chi connectivity index (χ0v) is 13.8. The minimum atomic E-state index is -0.478. The van der Waals surface area contributed by atoms with E-state index in [0.717, 1.165) is 17.3 Å². The van der Waals surface area contributed by atoms with Crippen LogP contribution in [0.5, 0.6) is 0 Å². The van der Waals surface area contributed by atoms with Crippen LogP contribution in [-0.4, -0.2) is 35.6 Å². The fourth-order valence-electron chi connectivity index (χ4n) is 2.13. The summed E-state index contributed by atoms with van der Waals surface area (Å²) in [7, 11) is 1.86. The van der Waals surface area contributed by atoms with E-state index in [-0.39, 0.29) is 11.6 Å². The summed E-state index contributed by atoms with van der Waals surface area (Å²) in [4.78, 5) is 0. The normalized spacial score (nSPS) is 21.4. The first-order valence-corrected chi connectivity index (χ1v) is 9.12. The first-order valence-electron chi connectivity index (χ1n) is 6.12. The van der Waals surface area contributed by atoms with Crippen LogP contribution < -0.4 is 5.32 Å². The van der Waals surface area contributed by atoms with E-state index >= 15 is 0 Å². The van der Waals surface area contributed by atoms with Crippen molar-refractivity contribution in [2.75, 3.05) is 24.3 Å². The molecule has 1 saturated heterocycles. The number of hydrogen-bond donors (Lipinski definition) is 1. The standard InChI is InChI=1S/C13H16BrF2NS2/c1-17-11(12-7-18-4-5-19-12)6-8-10(15)3-2-9(14)13(8)16/h2-3,11-12,17H,4-7H2,1H3. The number of benzene rings is 1. The van der Waals surface area contributed by atoms with Gasteiger partial charge in [-0.2, -0.15) is 23.5 Å². The zero-order valence-electron chi connectivity index (χ0n) is 10.6. The van der Waals surface area contributed by atoms with Gasteiger partial charge in [0.25, 0.3) is 0 Å². The van der Waals surface area contributed by atoms with E-state index in [1.54, 1.807) is 0 Å². The van der Waals surface area contributed by atoms with Crippen LogP contribution in [0.4, 0.5) is 8.78 Å². The Morgan fingerprint density at radius 1 is 1.42 bits per heavy atom. The minimum absolute atomic E-state index is 0.0936. The van der Waals surface area contributed by atoms with Crippen LogP contribution in [0.25, 0.3) is 0 Å². The monoisotopic (exact) mass is 367 g/mol. The zero-order chi connectivity index (χ0) is 13.8. The highest BCUT2D eigenvalue weighted by atomic mass is 79.9. The van der Waals surface area contributed by atoms with Gasteiger partial charge in [-0.25, -0.2) is 8.78 Å². The number of likely N-dealkylation sites (N-methyl/N-ethyl adjacent to an activating group) is 1. The van der Waals surface area contributed by atoms with Crippen molar-refractivity contribution in [2.24, 2.45) is 0 Å². The highest BCUT2D eigenvalue weighted by molar-refractivity contribution is 9.10. The van der Waals surface area contributed by atoms with E-state index in [0.29, 0.717) is 16.1 Å². The molecule has 1 aliphatic rings. The van der Waals surface area contributed by atoms with Crippen LogP contribution in [0.1, 0.15) is 5.56 Å². The van der Waals surface area contributed by atoms with Crippen molar-refractivity contribution < 1.29 is 8.78 Å². The quantitative estimate of drug-likeness (QED) is 0.814. The van der Waals surface area contributed by atoms with E-state index in [4.69, 9.17) is 0 Å². The molecule has 2 rings (SSSR count). The third-order valence-corrected chi connectivity index (χ3v) is 6.76. The molecule has 0 saturated carbocycles. The number of rotatable bonds is 4. The van der Waals surface area contributed by atoms with Crippen molar-refractivity contribution in [3.05, 3.63) is 33.8 Å². The van der Waals surface area contributed by atoms with E-state index < -0.39 is 11.6 Å². The Morgan fingerprint density at radius 3 is 2.84 bits per heavy atom. The van der Waals surface area contributed by atoms with Gasteiger partial charge in [0.2, 0.25) is 0 Å². The summed E-state index contributed by atoms with van der Waals surface area (Å²) in [6.45, 7) is 0. The predicted octanol–water partition coefficient (Wildman–Crippen LogP) is 3.71. The minimum Gasteiger partial charge on any atom is -0.316 e. The topological polar surface area (TPSA) is 12.0 Å². The van der Waals surface area contributed by atoms with Crippen LogP contribution in [0.3, 0.4) is 0 Å². The Kier molecular flexibility index (Phi) is 5.99. The van der Waals surface area contributed by atoms with E-state index in [1.807, 2.05) is 30.6 Å². The van der Waals surface area contributed by atoms with Crippen LogP contribution >= 0.6 is 39.5 Å². The molecule has 1 nitrogen and oxygen atoms in total. The van der Waals surface area contributed by atoms with Crippen LogP contribution in [0.2, 0.25) is 0 Å². The van der Waals surface area contributed by atoms with Crippen molar-refractivity contribution in [3.63, 3.8) is 0 Å². The van der Waals surface area contributed by atoms with E-state index in [2.05, 4.69) is 21.2 Å². The Bertz CT molecular complexity index is 439. The summed E-state index contributed by atoms with van der Waals surface area (Å²) < 4.78 is 28.1. The Balaban J connectivity index is 2.15. The molecule has 0 aromatic heterocycles. The summed E-state index contributed by atoms with van der Waals surface area (Å²) in [6.07, 6.45) is 0.381. The lowest BCUT2D eigenvalue weighted by atomic mass is 10.0. The van der Waals surface area contributed by atoms with Gasteiger partial charge in [-0.15, -0.1) is 0 Å². The molecule has 1 N–H and O–H groups in total. The van der Waals surface area contributed by atoms with Gasteiger partial charge in [0.05, 0.1) is 4.47 Å². The average molecular weight is 368 g/mol. The van der Waals surface area contributed by atoms with E-state index in [1.165, 1.54) is 12.1 Å². The molecule has 0 amide bonds. The molecule has 1 aromatic rings. The third kappa shape index (κ3) is 3.86. The van der Waals surface area contributed by atoms with Gasteiger partial charge in [0.15, 0.2) is 0 Å². The predicted molar refractivity (Wildman–Crippen MR) is 84.2 cm³/mol. The Labute approximate surface area is 129 Å². The largest absolute Gasteiger partial charge is 0.316 e. The molecule has 1 heterocycles. The lowest BCUT2D eigenvalue weighted by Crippen LogP contribution is -2.41. The molecule has 0 spiro atoms. The third-order valence-electron chi connectivity index (χ3n) is 3.22. The highest BCUT2D eigenvalue weighted by Crippen LogP contribution is 2.29. The van der Waals surface area contributed by atoms with Gasteiger partial charge in [0, 0.05) is 34.1 Å². The molecule has 1 fully saturated rings. The maximum Gasteiger partial charge on any atom is 0.143 e. The number of thioether (sulfide) groups is 2. The van der Waals surface area contributed by atoms with Crippen molar-refractivity contribution in [1.82, 2.24) is 5.32 Å². The number of halogens is 3. The van der Waals surface area contributed by atoms with Crippen LogP contribution in [0, 0.1) is 11.6 Å². The van der Waals surface area contributed by atoms with Crippen molar-refractivity contribution in [2.45, 2.75) is 17.7 Å². The smallest absolute Gasteiger partial charge is 0.143 e. The fraction of sp³-hybridized carbons (Fsp3) is 0.538. The first-order chi connectivity index (χ1) is 9.13. The van der Waals surface area contributed by atoms with Crippen molar-refractivity contribution in [3.8, 4) is 0 Å². The molecule has 106 valence electrons. The SMILES string of the molecule is CNC(Cc1c(F)ccc(Br)c1F)C1CSCCS1. The lowest BCUT2D eigenvalue weighted by Gasteiger charge is -2.29. The maximum atomic E-state index is 14.0. The summed E-state index contributed by atoms with van der Waals surface area (Å²) in [5.41, 5.74) is 0.171. The molecule has 6 heteroatoms. The second-order valence-electron chi connectivity index (χ2n) is 4.41. The van der Waals surface area contributed by atoms with Gasteiger partial charge >= 0.3 is 0 Å². The van der Waals surface area contributed by atoms with E-state index in [9.17, 15) is 8.78 Å². The number of hydrogen-bond acceptors (Lipinski definition) is 3. The fourth-order valence-corrected chi connectivity index (χ4v) is 5.43. The molecule has 0 radical (unpaired) electrons. The molecule has 19 heavy (non-hydrogen) atoms. The molecule has 2 atom stereocenters. The summed E-state index contributed by atoms with van der Waals surface area (Å²) >= 11 is 6.92. The molecule has 2 unspecified atom stereocenters. The van der Waals surface area contributed by atoms with Crippen LogP contribution in [-0.2, 0) is 6.42 Å². The van der Waals surface area contributed by atoms with Gasteiger partial charge < -0.3 is 5.32 Å². The Morgan fingerprint density at radius 2 is 2.21 bits per heavy atom. The maximum absolute atomic E-state index is 14.0. The van der Waals surface area contributed by atoms with Gasteiger partial charge in [-0.3, -0.25) is 0 Å². The molecule has 1 aromatic carbocycles. The van der Waals surface area contributed by atoms with Gasteiger partial charge in [0.1, 0.15) is 11.6 Å². The molecule has 1 aliphatic heterocycles. The number of nitrogens with one attached hydrogen (secondary N) is 1. The summed E-state index contributed by atoms with van der Waals surface area (Å²) in [5, 5.41) is 3.62. The van der Waals surface area contributed by atoms with Crippen molar-refractivity contribution in [1.29, 1.82) is 0 Å². The summed E-state index contributed by atoms with van der Waals surface area (Å²) in [5.74, 6) is 2.37. The van der Waals surface area contributed by atoms with Gasteiger partial charge in [-0.05, 0) is 41.5 Å². The second-order valence-corrected chi connectivity index (χ2v) is 7.76. The van der Waals surface area contributed by atoms with Crippen LogP contribution in [0.15, 0.2) is 16.6 Å². The van der Waals surface area contributed by atoms with Gasteiger partial charge in [-0.1, -0.05) is 0 Å². The average Bonchev–Trinajstić information content (AvgIpc) is 2.44.